The van der Waals surface area contributed by atoms with Gasteiger partial charge in [-0.1, -0.05) is 38.0 Å². The summed E-state index contributed by atoms with van der Waals surface area (Å²) in [6, 6.07) is 11.1. The molecule has 3 aromatic rings. The van der Waals surface area contributed by atoms with Crippen molar-refractivity contribution in [2.75, 3.05) is 43.1 Å². The van der Waals surface area contributed by atoms with Crippen molar-refractivity contribution in [2.45, 2.75) is 45.5 Å². The van der Waals surface area contributed by atoms with Gasteiger partial charge >= 0.3 is 6.18 Å². The molecule has 1 amide bonds. The number of carbonyl (C=O) groups is 1. The first kappa shape index (κ1) is 30.1. The largest absolute Gasteiger partial charge is 0.508 e. The molecule has 0 unspecified atom stereocenters. The van der Waals surface area contributed by atoms with Gasteiger partial charge in [-0.05, 0) is 36.2 Å². The molecule has 41 heavy (non-hydrogen) atoms. The molecule has 3 N–H and O–H groups in total. The lowest BCUT2D eigenvalue weighted by molar-refractivity contribution is -0.137. The molecule has 0 aliphatic carbocycles. The highest BCUT2D eigenvalue weighted by Crippen LogP contribution is 2.30. The van der Waals surface area contributed by atoms with Gasteiger partial charge in [0.25, 0.3) is 5.91 Å². The highest BCUT2D eigenvalue weighted by atomic mass is 19.4. The molecule has 1 fully saturated rings. The smallest absolute Gasteiger partial charge is 0.416 e. The molecule has 4 rings (SSSR count). The lowest BCUT2D eigenvalue weighted by Gasteiger charge is -2.28. The number of halogens is 3. The maximum Gasteiger partial charge on any atom is 0.416 e. The molecule has 0 saturated carbocycles. The highest BCUT2D eigenvalue weighted by Gasteiger charge is 2.30. The summed E-state index contributed by atoms with van der Waals surface area (Å²) >= 11 is 0. The first-order chi connectivity index (χ1) is 19.7. The van der Waals surface area contributed by atoms with Crippen molar-refractivity contribution < 1.29 is 32.5 Å². The molecule has 0 atom stereocenters. The van der Waals surface area contributed by atoms with E-state index in [0.717, 1.165) is 31.4 Å². The number of aromatic hydroxyl groups is 1. The number of aromatic nitrogens is 2. The van der Waals surface area contributed by atoms with Crippen LogP contribution in [0.4, 0.5) is 30.6 Å². The summed E-state index contributed by atoms with van der Waals surface area (Å²) in [5.74, 6) is 0.213. The van der Waals surface area contributed by atoms with Crippen LogP contribution in [0.1, 0.15) is 53.4 Å². The molecule has 1 saturated heterocycles. The predicted molar refractivity (Wildman–Crippen MR) is 148 cm³/mol. The number of anilines is 3. The maximum atomic E-state index is 13.5. The Labute approximate surface area is 236 Å². The summed E-state index contributed by atoms with van der Waals surface area (Å²) in [5.41, 5.74) is 0.811. The van der Waals surface area contributed by atoms with Crippen LogP contribution >= 0.6 is 0 Å². The van der Waals surface area contributed by atoms with Gasteiger partial charge in [-0.25, -0.2) is 4.98 Å². The number of morpholine rings is 1. The van der Waals surface area contributed by atoms with Crippen LogP contribution in [-0.2, 0) is 28.8 Å². The van der Waals surface area contributed by atoms with Crippen molar-refractivity contribution in [3.05, 3.63) is 70.9 Å². The van der Waals surface area contributed by atoms with Crippen molar-refractivity contribution in [3.63, 3.8) is 0 Å². The average Bonchev–Trinajstić information content (AvgIpc) is 2.96. The van der Waals surface area contributed by atoms with Crippen molar-refractivity contribution in [1.29, 1.82) is 0 Å². The number of hydrogen-bond donors (Lipinski definition) is 3. The van der Waals surface area contributed by atoms with Gasteiger partial charge < -0.3 is 30.1 Å². The second-order valence-corrected chi connectivity index (χ2v) is 9.61. The molecule has 1 aliphatic heterocycles. The first-order valence-electron chi connectivity index (χ1n) is 13.6. The van der Waals surface area contributed by atoms with Crippen LogP contribution < -0.4 is 15.5 Å². The maximum absolute atomic E-state index is 13.5. The Morgan fingerprint density at radius 3 is 2.54 bits per heavy atom. The van der Waals surface area contributed by atoms with E-state index in [-0.39, 0.29) is 24.6 Å². The van der Waals surface area contributed by atoms with E-state index in [1.54, 1.807) is 18.2 Å². The van der Waals surface area contributed by atoms with Gasteiger partial charge in [0.2, 0.25) is 5.95 Å². The van der Waals surface area contributed by atoms with Crippen LogP contribution in [0.5, 0.6) is 5.75 Å². The van der Waals surface area contributed by atoms with Crippen LogP contribution in [0.3, 0.4) is 0 Å². The van der Waals surface area contributed by atoms with Crippen LogP contribution in [0.25, 0.3) is 0 Å². The number of benzene rings is 2. The van der Waals surface area contributed by atoms with Crippen LogP contribution in [0, 0.1) is 0 Å². The number of carbonyl (C=O) groups excluding carboxylic acids is 1. The summed E-state index contributed by atoms with van der Waals surface area (Å²) in [6.07, 6.45) is -1.55. The molecule has 2 heterocycles. The quantitative estimate of drug-likeness (QED) is 0.247. The molecule has 1 aliphatic rings. The topological polar surface area (TPSA) is 109 Å². The van der Waals surface area contributed by atoms with E-state index in [4.69, 9.17) is 14.5 Å². The predicted octanol–water partition coefficient (Wildman–Crippen LogP) is 5.42. The number of ether oxygens (including phenoxy) is 2. The summed E-state index contributed by atoms with van der Waals surface area (Å²) in [4.78, 5) is 24.8. The normalized spacial score (nSPS) is 13.7. The number of rotatable bonds is 12. The van der Waals surface area contributed by atoms with E-state index in [2.05, 4.69) is 22.5 Å². The van der Waals surface area contributed by atoms with E-state index < -0.39 is 17.6 Å². The van der Waals surface area contributed by atoms with Gasteiger partial charge in [0.1, 0.15) is 17.3 Å². The van der Waals surface area contributed by atoms with Crippen LogP contribution in [0.15, 0.2) is 48.5 Å². The summed E-state index contributed by atoms with van der Waals surface area (Å²) in [6.45, 7) is 4.66. The SMILES string of the molecule is CCCCCOCc1c(Nc2cccc(O)c2)nc(N2CCOCC2)nc1C(=O)NCc1ccc(C(F)(F)F)cc1. The number of amides is 1. The number of unbranched alkanes of at least 4 members (excludes halogenated alkanes) is 2. The number of phenolic OH excluding ortho intramolecular Hbond substituents is 1. The van der Waals surface area contributed by atoms with E-state index in [1.165, 1.54) is 18.2 Å². The zero-order valence-electron chi connectivity index (χ0n) is 22.8. The average molecular weight is 574 g/mol. The lowest BCUT2D eigenvalue weighted by Crippen LogP contribution is -2.38. The first-order valence-corrected chi connectivity index (χ1v) is 13.6. The highest BCUT2D eigenvalue weighted by molar-refractivity contribution is 5.95. The number of nitrogens with one attached hydrogen (secondary N) is 2. The lowest BCUT2D eigenvalue weighted by atomic mass is 10.1. The molecular formula is C29H34F3N5O4. The summed E-state index contributed by atoms with van der Waals surface area (Å²) in [7, 11) is 0. The fourth-order valence-corrected chi connectivity index (χ4v) is 4.23. The molecule has 12 heteroatoms. The van der Waals surface area contributed by atoms with Crippen LogP contribution in [0.2, 0.25) is 0 Å². The minimum Gasteiger partial charge on any atom is -0.508 e. The Morgan fingerprint density at radius 2 is 1.85 bits per heavy atom. The summed E-state index contributed by atoms with van der Waals surface area (Å²) < 4.78 is 50.2. The van der Waals surface area contributed by atoms with E-state index in [9.17, 15) is 23.1 Å². The molecule has 1 aromatic heterocycles. The van der Waals surface area contributed by atoms with Gasteiger partial charge in [0.05, 0.1) is 30.9 Å². The van der Waals surface area contributed by atoms with E-state index in [1.807, 2.05) is 4.90 Å². The van der Waals surface area contributed by atoms with Crippen molar-refractivity contribution in [3.8, 4) is 5.75 Å². The molecule has 0 radical (unpaired) electrons. The van der Waals surface area contributed by atoms with E-state index >= 15 is 0 Å². The van der Waals surface area contributed by atoms with Gasteiger partial charge in [0.15, 0.2) is 0 Å². The molecule has 0 spiro atoms. The number of alkyl halides is 3. The van der Waals surface area contributed by atoms with Crippen molar-refractivity contribution >= 4 is 23.4 Å². The van der Waals surface area contributed by atoms with Crippen molar-refractivity contribution in [2.24, 2.45) is 0 Å². The van der Waals surface area contributed by atoms with Gasteiger partial charge in [-0.2, -0.15) is 18.2 Å². The zero-order valence-corrected chi connectivity index (χ0v) is 22.8. The molecule has 220 valence electrons. The van der Waals surface area contributed by atoms with Gasteiger partial charge in [0, 0.05) is 38.0 Å². The molecular weight excluding hydrogens is 539 g/mol. The fourth-order valence-electron chi connectivity index (χ4n) is 4.23. The third kappa shape index (κ3) is 8.54. The second-order valence-electron chi connectivity index (χ2n) is 9.61. The Balaban J connectivity index is 1.65. The number of phenols is 1. The van der Waals surface area contributed by atoms with Gasteiger partial charge in [-0.3, -0.25) is 4.79 Å². The third-order valence-electron chi connectivity index (χ3n) is 6.49. The second kappa shape index (κ2) is 14.1. The number of nitrogens with zero attached hydrogens (tertiary/aromatic N) is 3. The monoisotopic (exact) mass is 573 g/mol. The molecule has 2 aromatic carbocycles. The Kier molecular flexibility index (Phi) is 10.4. The third-order valence-corrected chi connectivity index (χ3v) is 6.49. The minimum absolute atomic E-state index is 0.0000222. The van der Waals surface area contributed by atoms with E-state index in [0.29, 0.717) is 61.5 Å². The molecule has 0 bridgehead atoms. The Morgan fingerprint density at radius 1 is 1.10 bits per heavy atom. The van der Waals surface area contributed by atoms with Crippen molar-refractivity contribution in [1.82, 2.24) is 15.3 Å². The Hall–Kier alpha value is -3.90. The minimum atomic E-state index is -4.44. The van der Waals surface area contributed by atoms with Crippen LogP contribution in [-0.4, -0.2) is 53.9 Å². The fraction of sp³-hybridized carbons (Fsp3) is 0.414. The zero-order chi connectivity index (χ0) is 29.2. The summed E-state index contributed by atoms with van der Waals surface area (Å²) in [5, 5.41) is 16.0. The van der Waals surface area contributed by atoms with Gasteiger partial charge in [-0.15, -0.1) is 0 Å². The Bertz CT molecular complexity index is 1300. The standard InChI is InChI=1S/C29H34F3N5O4/c1-2-3-4-14-41-19-24-25(27(39)33-18-20-8-10-21(11-9-20)29(30,31)32)35-28(37-12-15-40-16-13-37)36-26(24)34-22-6-5-7-23(38)17-22/h5-11,17,38H,2-4,12-16,18-19H2,1H3,(H,33,39)(H,34,35,36). The molecule has 9 nitrogen and oxygen atoms in total. The number of hydrogen-bond acceptors (Lipinski definition) is 8.